The zero-order valence-corrected chi connectivity index (χ0v) is 36.5. The number of carbonyl (C=O) groups excluding carboxylic acids is 2. The third-order valence-electron chi connectivity index (χ3n) is 10.6. The average molecular weight is 752 g/mol. The SMILES string of the molecule is CCCCCCCCC(C)CCCCCCCC.CCCCCCCCCOC(=O)CCCCCCCN(CCCCCCCC(C)=O)CCC(=O)O. The van der Waals surface area contributed by atoms with E-state index in [-0.39, 0.29) is 18.2 Å². The molecule has 0 aromatic rings. The van der Waals surface area contributed by atoms with Crippen molar-refractivity contribution in [1.82, 2.24) is 4.90 Å². The fourth-order valence-electron chi connectivity index (χ4n) is 6.97. The summed E-state index contributed by atoms with van der Waals surface area (Å²) in [6, 6.07) is 0. The van der Waals surface area contributed by atoms with Gasteiger partial charge in [0.15, 0.2) is 0 Å². The van der Waals surface area contributed by atoms with Gasteiger partial charge in [-0.15, -0.1) is 0 Å². The molecule has 0 bridgehead atoms. The van der Waals surface area contributed by atoms with Crippen LogP contribution in [0.3, 0.4) is 0 Å². The predicted molar refractivity (Wildman–Crippen MR) is 229 cm³/mol. The third kappa shape index (κ3) is 48.6. The van der Waals surface area contributed by atoms with E-state index in [1.54, 1.807) is 6.92 Å². The second kappa shape index (κ2) is 45.0. The first-order valence-corrected chi connectivity index (χ1v) is 23.4. The van der Waals surface area contributed by atoms with Crippen LogP contribution in [-0.2, 0) is 19.1 Å². The number of unbranched alkanes of at least 4 members (excludes halogenated alkanes) is 24. The fourth-order valence-corrected chi connectivity index (χ4v) is 6.97. The smallest absolute Gasteiger partial charge is 0.305 e. The van der Waals surface area contributed by atoms with Crippen molar-refractivity contribution in [2.24, 2.45) is 5.92 Å². The van der Waals surface area contributed by atoms with Crippen LogP contribution in [0, 0.1) is 5.92 Å². The van der Waals surface area contributed by atoms with E-state index < -0.39 is 5.97 Å². The largest absolute Gasteiger partial charge is 0.481 e. The van der Waals surface area contributed by atoms with E-state index in [9.17, 15) is 14.4 Å². The lowest BCUT2D eigenvalue weighted by Crippen LogP contribution is -2.28. The van der Waals surface area contributed by atoms with Crippen LogP contribution in [0.15, 0.2) is 0 Å². The molecule has 6 nitrogen and oxygen atoms in total. The molecule has 0 aliphatic carbocycles. The molecule has 1 N–H and O–H groups in total. The highest BCUT2D eigenvalue weighted by molar-refractivity contribution is 5.75. The number of carbonyl (C=O) groups is 3. The molecular formula is C47H93NO5. The van der Waals surface area contributed by atoms with E-state index >= 15 is 0 Å². The van der Waals surface area contributed by atoms with Crippen LogP contribution in [0.5, 0.6) is 0 Å². The molecule has 0 rings (SSSR count). The number of hydrogen-bond acceptors (Lipinski definition) is 5. The molecule has 0 saturated carbocycles. The van der Waals surface area contributed by atoms with Gasteiger partial charge in [-0.3, -0.25) is 9.59 Å². The Hall–Kier alpha value is -1.43. The number of rotatable bonds is 41. The number of nitrogens with zero attached hydrogens (tertiary/aromatic N) is 1. The van der Waals surface area contributed by atoms with Gasteiger partial charge in [-0.05, 0) is 58.0 Å². The third-order valence-corrected chi connectivity index (χ3v) is 10.6. The molecule has 0 atom stereocenters. The van der Waals surface area contributed by atoms with Gasteiger partial charge >= 0.3 is 11.9 Å². The number of Topliss-reactive ketones (excluding diaryl/α,β-unsaturated/α-hetero) is 1. The van der Waals surface area contributed by atoms with Crippen LogP contribution in [0.1, 0.15) is 253 Å². The molecule has 0 saturated heterocycles. The zero-order chi connectivity index (χ0) is 39.5. The summed E-state index contributed by atoms with van der Waals surface area (Å²) < 4.78 is 5.35. The summed E-state index contributed by atoms with van der Waals surface area (Å²) in [5.74, 6) is 0.446. The molecule has 0 fully saturated rings. The Labute approximate surface area is 331 Å². The molecular weight excluding hydrogens is 659 g/mol. The maximum atomic E-state index is 11.8. The highest BCUT2D eigenvalue weighted by atomic mass is 16.5. The van der Waals surface area contributed by atoms with Crippen molar-refractivity contribution < 1.29 is 24.2 Å². The number of hydrogen-bond donors (Lipinski definition) is 1. The van der Waals surface area contributed by atoms with Crippen molar-refractivity contribution in [3.05, 3.63) is 0 Å². The maximum Gasteiger partial charge on any atom is 0.305 e. The topological polar surface area (TPSA) is 83.9 Å². The molecule has 0 amide bonds. The Morgan fingerprint density at radius 1 is 0.472 bits per heavy atom. The minimum Gasteiger partial charge on any atom is -0.481 e. The molecule has 53 heavy (non-hydrogen) atoms. The Bertz CT molecular complexity index is 756. The van der Waals surface area contributed by atoms with Crippen LogP contribution in [0.2, 0.25) is 0 Å². The summed E-state index contributed by atoms with van der Waals surface area (Å²) in [7, 11) is 0. The predicted octanol–water partition coefficient (Wildman–Crippen LogP) is 14.5. The van der Waals surface area contributed by atoms with Crippen molar-refractivity contribution in [2.75, 3.05) is 26.2 Å². The number of carboxylic acid groups (broad SMARTS) is 1. The van der Waals surface area contributed by atoms with Gasteiger partial charge in [0, 0.05) is 19.4 Å². The molecule has 0 spiro atoms. The van der Waals surface area contributed by atoms with E-state index in [0.29, 0.717) is 26.0 Å². The molecule has 0 aromatic carbocycles. The van der Waals surface area contributed by atoms with Crippen molar-refractivity contribution in [2.45, 2.75) is 253 Å². The zero-order valence-electron chi connectivity index (χ0n) is 36.5. The lowest BCUT2D eigenvalue weighted by molar-refractivity contribution is -0.144. The fraction of sp³-hybridized carbons (Fsp3) is 0.936. The van der Waals surface area contributed by atoms with E-state index in [1.807, 2.05) is 0 Å². The van der Waals surface area contributed by atoms with Crippen molar-refractivity contribution >= 4 is 17.7 Å². The average Bonchev–Trinajstić information content (AvgIpc) is 3.13. The summed E-state index contributed by atoms with van der Waals surface area (Å²) >= 11 is 0. The highest BCUT2D eigenvalue weighted by Crippen LogP contribution is 2.18. The van der Waals surface area contributed by atoms with Crippen molar-refractivity contribution in [1.29, 1.82) is 0 Å². The lowest BCUT2D eigenvalue weighted by atomic mass is 9.96. The number of esters is 1. The van der Waals surface area contributed by atoms with Crippen LogP contribution in [0.4, 0.5) is 0 Å². The van der Waals surface area contributed by atoms with E-state index in [2.05, 4.69) is 32.6 Å². The van der Waals surface area contributed by atoms with Crippen LogP contribution >= 0.6 is 0 Å². The monoisotopic (exact) mass is 752 g/mol. The summed E-state index contributed by atoms with van der Waals surface area (Å²) in [5, 5.41) is 9.02. The van der Waals surface area contributed by atoms with Gasteiger partial charge in [-0.25, -0.2) is 0 Å². The molecule has 316 valence electrons. The van der Waals surface area contributed by atoms with Gasteiger partial charge in [0.05, 0.1) is 13.0 Å². The molecule has 0 unspecified atom stereocenters. The molecule has 0 heterocycles. The maximum absolute atomic E-state index is 11.8. The minimum absolute atomic E-state index is 0.0582. The Morgan fingerprint density at radius 3 is 1.28 bits per heavy atom. The quantitative estimate of drug-likeness (QED) is 0.0495. The number of carboxylic acids is 1. The van der Waals surface area contributed by atoms with Crippen LogP contribution in [0.25, 0.3) is 0 Å². The summed E-state index contributed by atoms with van der Waals surface area (Å²) in [6.07, 6.45) is 41.0. The first kappa shape index (κ1) is 53.7. The first-order valence-electron chi connectivity index (χ1n) is 23.4. The summed E-state index contributed by atoms with van der Waals surface area (Å²) in [4.78, 5) is 36.1. The van der Waals surface area contributed by atoms with Gasteiger partial charge in [-0.2, -0.15) is 0 Å². The van der Waals surface area contributed by atoms with Gasteiger partial charge in [0.25, 0.3) is 0 Å². The Morgan fingerprint density at radius 2 is 0.849 bits per heavy atom. The second-order valence-electron chi connectivity index (χ2n) is 16.3. The van der Waals surface area contributed by atoms with E-state index in [4.69, 9.17) is 9.84 Å². The van der Waals surface area contributed by atoms with E-state index in [0.717, 1.165) is 96.1 Å². The van der Waals surface area contributed by atoms with Crippen molar-refractivity contribution in [3.8, 4) is 0 Å². The van der Waals surface area contributed by atoms with Crippen LogP contribution in [-0.4, -0.2) is 54.0 Å². The second-order valence-corrected chi connectivity index (χ2v) is 16.3. The number of ether oxygens (including phenoxy) is 1. The van der Waals surface area contributed by atoms with Gasteiger partial charge in [0.2, 0.25) is 0 Å². The highest BCUT2D eigenvalue weighted by Gasteiger charge is 2.08. The minimum atomic E-state index is -0.738. The van der Waals surface area contributed by atoms with Gasteiger partial charge in [-0.1, -0.05) is 195 Å². The Kier molecular flexibility index (Phi) is 45.5. The number of aliphatic carboxylic acids is 1. The van der Waals surface area contributed by atoms with Crippen molar-refractivity contribution in [3.63, 3.8) is 0 Å². The van der Waals surface area contributed by atoms with Gasteiger partial charge < -0.3 is 19.5 Å². The van der Waals surface area contributed by atoms with Gasteiger partial charge in [0.1, 0.15) is 5.78 Å². The lowest BCUT2D eigenvalue weighted by Gasteiger charge is -2.21. The molecule has 0 aliphatic rings. The normalized spacial score (nSPS) is 11.2. The van der Waals surface area contributed by atoms with E-state index in [1.165, 1.54) is 122 Å². The molecule has 0 radical (unpaired) electrons. The first-order chi connectivity index (χ1) is 25.8. The molecule has 0 aromatic heterocycles. The number of ketones is 1. The molecule has 0 aliphatic heterocycles. The molecule has 6 heteroatoms. The Balaban J connectivity index is 0. The summed E-state index contributed by atoms with van der Waals surface area (Å²) in [6.45, 7) is 14.0. The van der Waals surface area contributed by atoms with Crippen LogP contribution < -0.4 is 0 Å². The standard InChI is InChI=1S/C29H55NO5.C18H38/c1-3-4-5-6-7-14-19-26-35-29(34)21-16-11-9-13-18-24-30(25-22-28(32)33)23-17-12-8-10-15-20-27(2)31;1-4-6-8-10-12-14-16-18(3)17-15-13-11-9-7-5-2/h3-26H2,1-2H3,(H,32,33);18H,4-17H2,1-3H3. The summed E-state index contributed by atoms with van der Waals surface area (Å²) in [5.41, 5.74) is 0.